The lowest BCUT2D eigenvalue weighted by Gasteiger charge is -2.05. The Morgan fingerprint density at radius 1 is 0.682 bits per heavy atom. The Bertz CT molecular complexity index is 2060. The molecule has 0 saturated heterocycles. The SMILES string of the molecule is COc1ccc(-c2ccc3oc(=O)n(C)c3c2)cc1.COc1ccc(-c2ccc3oc(=O)n(CC(C)=O)c3c2)cc1.O=C=O. The lowest BCUT2D eigenvalue weighted by Crippen LogP contribution is -2.18. The van der Waals surface area contributed by atoms with Gasteiger partial charge in [0, 0.05) is 7.05 Å². The van der Waals surface area contributed by atoms with E-state index in [0.29, 0.717) is 16.7 Å². The first-order valence-electron chi connectivity index (χ1n) is 13.2. The summed E-state index contributed by atoms with van der Waals surface area (Å²) in [5.41, 5.74) is 6.52. The van der Waals surface area contributed by atoms with Crippen LogP contribution in [0, 0.1) is 0 Å². The van der Waals surface area contributed by atoms with E-state index in [0.717, 1.165) is 39.3 Å². The Morgan fingerprint density at radius 3 is 1.55 bits per heavy atom. The molecule has 0 N–H and O–H groups in total. The van der Waals surface area contributed by atoms with Crippen molar-refractivity contribution >= 4 is 34.1 Å². The van der Waals surface area contributed by atoms with Gasteiger partial charge in [0.1, 0.15) is 17.3 Å². The number of aromatic nitrogens is 2. The molecule has 0 bridgehead atoms. The van der Waals surface area contributed by atoms with E-state index < -0.39 is 5.76 Å². The fraction of sp³-hybridized carbons (Fsp3) is 0.152. The zero-order chi connectivity index (χ0) is 31.8. The average Bonchev–Trinajstić information content (AvgIpc) is 3.50. The molecular weight excluding hydrogens is 568 g/mol. The summed E-state index contributed by atoms with van der Waals surface area (Å²) in [5, 5.41) is 0. The molecule has 0 fully saturated rings. The Balaban J connectivity index is 0.000000186. The summed E-state index contributed by atoms with van der Waals surface area (Å²) >= 11 is 0. The molecule has 11 heteroatoms. The van der Waals surface area contributed by atoms with Gasteiger partial charge in [-0.15, -0.1) is 0 Å². The maximum atomic E-state index is 11.8. The molecule has 224 valence electrons. The van der Waals surface area contributed by atoms with Crippen LogP contribution >= 0.6 is 0 Å². The molecule has 0 amide bonds. The van der Waals surface area contributed by atoms with E-state index in [-0.39, 0.29) is 24.2 Å². The van der Waals surface area contributed by atoms with E-state index in [1.165, 1.54) is 16.1 Å². The quantitative estimate of drug-likeness (QED) is 0.257. The number of carbonyl (C=O) groups is 1. The molecule has 4 aromatic carbocycles. The number of aryl methyl sites for hydroxylation is 1. The molecule has 44 heavy (non-hydrogen) atoms. The predicted molar refractivity (Wildman–Crippen MR) is 162 cm³/mol. The molecule has 6 rings (SSSR count). The number of rotatable bonds is 6. The number of hydrogen-bond donors (Lipinski definition) is 0. The molecule has 0 spiro atoms. The normalized spacial score (nSPS) is 10.3. The first-order valence-corrected chi connectivity index (χ1v) is 13.2. The van der Waals surface area contributed by atoms with Crippen LogP contribution in [0.3, 0.4) is 0 Å². The van der Waals surface area contributed by atoms with Gasteiger partial charge in [0.2, 0.25) is 0 Å². The van der Waals surface area contributed by atoms with E-state index >= 15 is 0 Å². The van der Waals surface area contributed by atoms with Crippen LogP contribution in [-0.4, -0.2) is 35.3 Å². The fourth-order valence-corrected chi connectivity index (χ4v) is 4.49. The minimum Gasteiger partial charge on any atom is -0.497 e. The lowest BCUT2D eigenvalue weighted by molar-refractivity contribution is -0.191. The zero-order valence-corrected chi connectivity index (χ0v) is 24.4. The van der Waals surface area contributed by atoms with Crippen molar-refractivity contribution in [2.75, 3.05) is 14.2 Å². The minimum atomic E-state index is -0.517. The predicted octanol–water partition coefficient (Wildman–Crippen LogP) is 5.08. The Hall–Kier alpha value is -5.93. The molecule has 0 aliphatic carbocycles. The third kappa shape index (κ3) is 6.92. The summed E-state index contributed by atoms with van der Waals surface area (Å²) in [6.07, 6.45) is 0.250. The van der Waals surface area contributed by atoms with Crippen LogP contribution in [0.2, 0.25) is 0 Å². The highest BCUT2D eigenvalue weighted by atomic mass is 16.5. The van der Waals surface area contributed by atoms with Gasteiger partial charge in [-0.2, -0.15) is 9.59 Å². The van der Waals surface area contributed by atoms with Crippen molar-refractivity contribution in [1.82, 2.24) is 9.13 Å². The average molecular weight is 597 g/mol. The van der Waals surface area contributed by atoms with Gasteiger partial charge in [0.15, 0.2) is 11.2 Å². The number of nitrogens with zero attached hydrogens (tertiary/aromatic N) is 2. The van der Waals surface area contributed by atoms with E-state index in [4.69, 9.17) is 27.9 Å². The van der Waals surface area contributed by atoms with Crippen LogP contribution in [0.1, 0.15) is 6.92 Å². The number of fused-ring (bicyclic) bond motifs is 2. The summed E-state index contributed by atoms with van der Waals surface area (Å²) < 4.78 is 23.4. The molecule has 11 nitrogen and oxygen atoms in total. The number of benzene rings is 4. The van der Waals surface area contributed by atoms with Crippen LogP contribution in [0.4, 0.5) is 0 Å². The van der Waals surface area contributed by atoms with Gasteiger partial charge in [-0.25, -0.2) is 9.59 Å². The monoisotopic (exact) mass is 596 g/mol. The van der Waals surface area contributed by atoms with Crippen molar-refractivity contribution in [1.29, 1.82) is 0 Å². The second-order valence-electron chi connectivity index (χ2n) is 9.49. The van der Waals surface area contributed by atoms with Crippen molar-refractivity contribution in [2.45, 2.75) is 13.5 Å². The second kappa shape index (κ2) is 13.8. The largest absolute Gasteiger partial charge is 0.497 e. The molecule has 6 aromatic rings. The van der Waals surface area contributed by atoms with Gasteiger partial charge in [-0.3, -0.25) is 13.9 Å². The standard InChI is InChI=1S/C17H15NO4.C15H13NO3.CO2/c1-11(19)10-18-15-9-13(5-8-16(15)22-17(18)20)12-3-6-14(21-2)7-4-12;1-16-13-9-11(5-8-14(13)19-15(16)17)10-3-6-12(18-2)7-4-10;2-1-3/h3-9H,10H2,1-2H3;3-9H,1-2H3;. The molecular formula is C33H28N2O9. The maximum Gasteiger partial charge on any atom is 0.420 e. The summed E-state index contributed by atoms with van der Waals surface area (Å²) in [6.45, 7) is 1.45. The zero-order valence-electron chi connectivity index (χ0n) is 24.4. The van der Waals surface area contributed by atoms with Crippen molar-refractivity contribution in [3.8, 4) is 33.8 Å². The highest BCUT2D eigenvalue weighted by Gasteiger charge is 2.12. The molecule has 0 atom stereocenters. The minimum absolute atomic E-state index is 0.0118. The van der Waals surface area contributed by atoms with Crippen LogP contribution in [0.25, 0.3) is 44.5 Å². The lowest BCUT2D eigenvalue weighted by atomic mass is 10.1. The number of oxazole rings is 2. The van der Waals surface area contributed by atoms with Crippen molar-refractivity contribution in [2.24, 2.45) is 7.05 Å². The number of ketones is 1. The molecule has 0 radical (unpaired) electrons. The van der Waals surface area contributed by atoms with Crippen LogP contribution in [0.5, 0.6) is 11.5 Å². The smallest absolute Gasteiger partial charge is 0.420 e. The Morgan fingerprint density at radius 2 is 1.09 bits per heavy atom. The van der Waals surface area contributed by atoms with Gasteiger partial charge in [-0.05, 0) is 77.7 Å². The summed E-state index contributed by atoms with van der Waals surface area (Å²) in [6, 6.07) is 26.6. The van der Waals surface area contributed by atoms with Gasteiger partial charge in [0.25, 0.3) is 0 Å². The van der Waals surface area contributed by atoms with E-state index in [9.17, 15) is 14.4 Å². The summed E-state index contributed by atoms with van der Waals surface area (Å²) in [7, 11) is 4.96. The van der Waals surface area contributed by atoms with Gasteiger partial charge in [-0.1, -0.05) is 36.4 Å². The van der Waals surface area contributed by atoms with E-state index in [1.807, 2.05) is 78.9 Å². The first-order chi connectivity index (χ1) is 21.2. The summed E-state index contributed by atoms with van der Waals surface area (Å²) in [5.74, 6) is 0.640. The number of ether oxygens (including phenoxy) is 2. The van der Waals surface area contributed by atoms with Crippen LogP contribution in [0.15, 0.2) is 103 Å². The molecule has 0 aliphatic rings. The first kappa shape index (κ1) is 31.0. The third-order valence-electron chi connectivity index (χ3n) is 6.69. The molecule has 0 unspecified atom stereocenters. The van der Waals surface area contributed by atoms with Crippen LogP contribution < -0.4 is 21.0 Å². The van der Waals surface area contributed by atoms with Crippen molar-refractivity contribution in [3.05, 3.63) is 106 Å². The van der Waals surface area contributed by atoms with Gasteiger partial charge in [0.05, 0.1) is 31.8 Å². The van der Waals surface area contributed by atoms with Crippen molar-refractivity contribution in [3.63, 3.8) is 0 Å². The van der Waals surface area contributed by atoms with Gasteiger partial charge >= 0.3 is 17.7 Å². The third-order valence-corrected chi connectivity index (χ3v) is 6.69. The number of carbonyl (C=O) groups excluding carboxylic acids is 3. The number of methoxy groups -OCH3 is 2. The molecule has 0 aliphatic heterocycles. The maximum absolute atomic E-state index is 11.8. The van der Waals surface area contributed by atoms with E-state index in [2.05, 4.69) is 0 Å². The Labute approximate surface area is 250 Å². The van der Waals surface area contributed by atoms with Crippen molar-refractivity contribution < 1.29 is 32.7 Å². The summed E-state index contributed by atoms with van der Waals surface area (Å²) in [4.78, 5) is 50.8. The molecule has 2 heterocycles. The van der Waals surface area contributed by atoms with Gasteiger partial charge < -0.3 is 18.3 Å². The highest BCUT2D eigenvalue weighted by Crippen LogP contribution is 2.27. The number of Topliss-reactive ketones (excluding diaryl/α,β-unsaturated/α-hetero) is 1. The highest BCUT2D eigenvalue weighted by molar-refractivity contribution is 5.83. The topological polar surface area (TPSA) is 140 Å². The second-order valence-corrected chi connectivity index (χ2v) is 9.49. The number of hydrogen-bond acceptors (Lipinski definition) is 9. The fourth-order valence-electron chi connectivity index (χ4n) is 4.49. The Kier molecular flexibility index (Phi) is 9.74. The van der Waals surface area contributed by atoms with E-state index in [1.54, 1.807) is 27.3 Å². The molecule has 0 saturated carbocycles. The molecule has 2 aromatic heterocycles. The van der Waals surface area contributed by atoms with Crippen LogP contribution in [-0.2, 0) is 28.0 Å².